The molecule has 2 N–H and O–H groups in total. The number of halogens is 1. The second-order valence-electron chi connectivity index (χ2n) is 6.44. The fourth-order valence-electron chi connectivity index (χ4n) is 2.86. The zero-order valence-corrected chi connectivity index (χ0v) is 18.2. The minimum atomic E-state index is -3.74. The lowest BCUT2D eigenvalue weighted by Gasteiger charge is -2.23. The van der Waals surface area contributed by atoms with Crippen LogP contribution in [0.2, 0.25) is 0 Å². The molecular formula is C22H20FN3O3S2. The first-order valence-corrected chi connectivity index (χ1v) is 11.2. The monoisotopic (exact) mass is 457 g/mol. The highest BCUT2D eigenvalue weighted by molar-refractivity contribution is 7.92. The van der Waals surface area contributed by atoms with Crippen LogP contribution in [0.25, 0.3) is 0 Å². The van der Waals surface area contributed by atoms with Gasteiger partial charge in [-0.1, -0.05) is 18.2 Å². The number of rotatable bonds is 6. The Morgan fingerprint density at radius 1 is 0.968 bits per heavy atom. The highest BCUT2D eigenvalue weighted by Gasteiger charge is 2.23. The number of amides is 1. The summed E-state index contributed by atoms with van der Waals surface area (Å²) in [6.45, 7) is 2.05. The van der Waals surface area contributed by atoms with Crippen LogP contribution in [0, 0.1) is 5.82 Å². The van der Waals surface area contributed by atoms with Gasteiger partial charge in [0.2, 0.25) is 0 Å². The summed E-state index contributed by atoms with van der Waals surface area (Å²) in [5.74, 6) is -0.931. The third kappa shape index (κ3) is 5.44. The minimum Gasteiger partial charge on any atom is -0.332 e. The number of hydrogen-bond donors (Lipinski definition) is 2. The van der Waals surface area contributed by atoms with Crippen LogP contribution in [-0.2, 0) is 10.0 Å². The van der Waals surface area contributed by atoms with Gasteiger partial charge in [0.1, 0.15) is 5.82 Å². The lowest BCUT2D eigenvalue weighted by molar-refractivity contribution is 0.0977. The summed E-state index contributed by atoms with van der Waals surface area (Å²) in [7, 11) is -3.74. The maximum atomic E-state index is 13.0. The van der Waals surface area contributed by atoms with E-state index in [1.807, 2.05) is 6.07 Å². The number of thiocarbonyl (C=S) groups is 1. The molecule has 160 valence electrons. The molecule has 0 aliphatic heterocycles. The number of carbonyl (C=O) groups is 1. The van der Waals surface area contributed by atoms with E-state index in [2.05, 4.69) is 10.6 Å². The molecule has 6 nitrogen and oxygen atoms in total. The van der Waals surface area contributed by atoms with E-state index in [1.165, 1.54) is 40.7 Å². The standard InChI is InChI=1S/C22H20FN3O3S2/c1-2-26(19-6-4-3-5-7-19)31(28,29)20-14-12-18(13-15-20)24-22(30)25-21(27)16-8-10-17(23)11-9-16/h3-15H,2H2,1H3,(H2,24,25,27,30). The third-order valence-corrected chi connectivity index (χ3v) is 6.49. The van der Waals surface area contributed by atoms with Gasteiger partial charge in [0, 0.05) is 17.8 Å². The first kappa shape index (κ1) is 22.4. The SMILES string of the molecule is CCN(c1ccccc1)S(=O)(=O)c1ccc(NC(=S)NC(=O)c2ccc(F)cc2)cc1. The van der Waals surface area contributed by atoms with Gasteiger partial charge >= 0.3 is 0 Å². The van der Waals surface area contributed by atoms with Gasteiger partial charge in [-0.25, -0.2) is 12.8 Å². The van der Waals surface area contributed by atoms with E-state index >= 15 is 0 Å². The maximum absolute atomic E-state index is 13.0. The molecule has 31 heavy (non-hydrogen) atoms. The maximum Gasteiger partial charge on any atom is 0.264 e. The van der Waals surface area contributed by atoms with E-state index in [-0.39, 0.29) is 22.1 Å². The number of para-hydroxylation sites is 1. The number of nitrogens with one attached hydrogen (secondary N) is 2. The van der Waals surface area contributed by atoms with Gasteiger partial charge in [0.25, 0.3) is 15.9 Å². The zero-order valence-electron chi connectivity index (χ0n) is 16.6. The highest BCUT2D eigenvalue weighted by Crippen LogP contribution is 2.24. The molecule has 3 rings (SSSR count). The number of sulfonamides is 1. The van der Waals surface area contributed by atoms with E-state index in [0.717, 1.165) is 0 Å². The number of hydrogen-bond acceptors (Lipinski definition) is 4. The molecular weight excluding hydrogens is 437 g/mol. The van der Waals surface area contributed by atoms with Crippen molar-refractivity contribution in [2.24, 2.45) is 0 Å². The molecule has 0 fully saturated rings. The molecule has 3 aromatic rings. The summed E-state index contributed by atoms with van der Waals surface area (Å²) >= 11 is 5.12. The molecule has 0 saturated carbocycles. The van der Waals surface area contributed by atoms with Gasteiger partial charge in [0.15, 0.2) is 5.11 Å². The Kier molecular flexibility index (Phi) is 6.98. The number of anilines is 2. The summed E-state index contributed by atoms with van der Waals surface area (Å²) in [5.41, 5.74) is 1.34. The predicted molar refractivity (Wildman–Crippen MR) is 123 cm³/mol. The first-order valence-electron chi connectivity index (χ1n) is 9.37. The molecule has 0 unspecified atom stereocenters. The van der Waals surface area contributed by atoms with Crippen LogP contribution in [0.15, 0.2) is 83.8 Å². The van der Waals surface area contributed by atoms with E-state index in [9.17, 15) is 17.6 Å². The van der Waals surface area contributed by atoms with Crippen molar-refractivity contribution in [1.29, 1.82) is 0 Å². The van der Waals surface area contributed by atoms with Crippen LogP contribution < -0.4 is 14.9 Å². The topological polar surface area (TPSA) is 78.5 Å². The Bertz CT molecular complexity index is 1170. The van der Waals surface area contributed by atoms with Gasteiger partial charge in [-0.2, -0.15) is 0 Å². The summed E-state index contributed by atoms with van der Waals surface area (Å²) in [6, 6.07) is 20.0. The number of carbonyl (C=O) groups excluding carboxylic acids is 1. The molecule has 0 aliphatic carbocycles. The Labute approximate surface area is 185 Å². The molecule has 1 amide bonds. The Morgan fingerprint density at radius 2 is 1.58 bits per heavy atom. The van der Waals surface area contributed by atoms with Crippen LogP contribution in [0.5, 0.6) is 0 Å². The van der Waals surface area contributed by atoms with Crippen molar-refractivity contribution in [2.45, 2.75) is 11.8 Å². The predicted octanol–water partition coefficient (Wildman–Crippen LogP) is 4.17. The van der Waals surface area contributed by atoms with Crippen LogP contribution in [0.4, 0.5) is 15.8 Å². The Balaban J connectivity index is 1.68. The molecule has 9 heteroatoms. The van der Waals surface area contributed by atoms with Crippen molar-refractivity contribution in [3.05, 3.63) is 90.2 Å². The second-order valence-corrected chi connectivity index (χ2v) is 8.72. The van der Waals surface area contributed by atoms with E-state index < -0.39 is 21.7 Å². The fourth-order valence-corrected chi connectivity index (χ4v) is 4.55. The zero-order chi connectivity index (χ0) is 22.4. The van der Waals surface area contributed by atoms with Crippen LogP contribution in [-0.4, -0.2) is 26.0 Å². The third-order valence-electron chi connectivity index (χ3n) is 4.37. The Hall–Kier alpha value is -3.30. The average Bonchev–Trinajstić information content (AvgIpc) is 2.75. The van der Waals surface area contributed by atoms with Crippen molar-refractivity contribution in [1.82, 2.24) is 5.32 Å². The van der Waals surface area contributed by atoms with E-state index in [1.54, 1.807) is 43.3 Å². The highest BCUT2D eigenvalue weighted by atomic mass is 32.2. The molecule has 0 saturated heterocycles. The van der Waals surface area contributed by atoms with E-state index in [0.29, 0.717) is 11.4 Å². The molecule has 0 aliphatic rings. The van der Waals surface area contributed by atoms with Crippen LogP contribution in [0.3, 0.4) is 0 Å². The lowest BCUT2D eigenvalue weighted by Crippen LogP contribution is -2.34. The van der Waals surface area contributed by atoms with Gasteiger partial charge < -0.3 is 5.32 Å². The molecule has 0 aromatic heterocycles. The smallest absolute Gasteiger partial charge is 0.264 e. The van der Waals surface area contributed by atoms with Crippen LogP contribution >= 0.6 is 12.2 Å². The molecule has 0 spiro atoms. The van der Waals surface area contributed by atoms with Gasteiger partial charge in [-0.15, -0.1) is 0 Å². The minimum absolute atomic E-state index is 0.0319. The first-order chi connectivity index (χ1) is 14.8. The lowest BCUT2D eigenvalue weighted by atomic mass is 10.2. The van der Waals surface area contributed by atoms with Crippen molar-refractivity contribution in [3.8, 4) is 0 Å². The normalized spacial score (nSPS) is 10.9. The largest absolute Gasteiger partial charge is 0.332 e. The van der Waals surface area contributed by atoms with Crippen molar-refractivity contribution in [2.75, 3.05) is 16.2 Å². The summed E-state index contributed by atoms with van der Waals surface area (Å²) in [5, 5.41) is 5.35. The fraction of sp³-hybridized carbons (Fsp3) is 0.0909. The van der Waals surface area contributed by atoms with Gasteiger partial charge in [-0.3, -0.25) is 14.4 Å². The second kappa shape index (κ2) is 9.67. The van der Waals surface area contributed by atoms with Crippen LogP contribution in [0.1, 0.15) is 17.3 Å². The van der Waals surface area contributed by atoms with Gasteiger partial charge in [-0.05, 0) is 79.8 Å². The Morgan fingerprint density at radius 3 is 2.16 bits per heavy atom. The van der Waals surface area contributed by atoms with Crippen molar-refractivity contribution >= 4 is 44.6 Å². The molecule has 3 aromatic carbocycles. The molecule has 0 heterocycles. The average molecular weight is 458 g/mol. The number of nitrogens with zero attached hydrogens (tertiary/aromatic N) is 1. The molecule has 0 bridgehead atoms. The number of benzene rings is 3. The summed E-state index contributed by atoms with van der Waals surface area (Å²) in [6.07, 6.45) is 0. The molecule has 0 atom stereocenters. The summed E-state index contributed by atoms with van der Waals surface area (Å²) in [4.78, 5) is 12.3. The van der Waals surface area contributed by atoms with Crippen molar-refractivity contribution < 1.29 is 17.6 Å². The molecule has 0 radical (unpaired) electrons. The quantitative estimate of drug-likeness (QED) is 0.544. The van der Waals surface area contributed by atoms with E-state index in [4.69, 9.17) is 12.2 Å². The summed E-state index contributed by atoms with van der Waals surface area (Å²) < 4.78 is 40.3. The van der Waals surface area contributed by atoms with Gasteiger partial charge in [0.05, 0.1) is 10.6 Å². The van der Waals surface area contributed by atoms with Crippen molar-refractivity contribution in [3.63, 3.8) is 0 Å².